The van der Waals surface area contributed by atoms with Crippen LogP contribution in [0.25, 0.3) is 0 Å². The minimum Gasteiger partial charge on any atom is -0.356 e. The van der Waals surface area contributed by atoms with Crippen LogP contribution < -0.4 is 5.32 Å². The normalized spacial score (nSPS) is 10.5. The molecular weight excluding hydrogens is 262 g/mol. The molecule has 1 heterocycles. The van der Waals surface area contributed by atoms with Gasteiger partial charge >= 0.3 is 0 Å². The largest absolute Gasteiger partial charge is 0.356 e. The molecule has 0 fully saturated rings. The summed E-state index contributed by atoms with van der Waals surface area (Å²) in [6.45, 7) is 1.80. The molecule has 0 radical (unpaired) electrons. The quantitative estimate of drug-likeness (QED) is 0.720. The van der Waals surface area contributed by atoms with Crippen molar-refractivity contribution in [1.82, 2.24) is 14.9 Å². The van der Waals surface area contributed by atoms with Gasteiger partial charge in [0.05, 0.1) is 12.7 Å². The average molecular weight is 285 g/mol. The predicted octanol–water partition coefficient (Wildman–Crippen LogP) is 2.80. The predicted molar refractivity (Wildman–Crippen MR) is 83.9 cm³/mol. The molecule has 2 rings (SSSR count). The first kappa shape index (κ1) is 15.3. The van der Waals surface area contributed by atoms with Gasteiger partial charge in [0.15, 0.2) is 0 Å². The summed E-state index contributed by atoms with van der Waals surface area (Å²) in [4.78, 5) is 15.8. The van der Waals surface area contributed by atoms with Crippen molar-refractivity contribution >= 4 is 5.91 Å². The number of carbonyl (C=O) groups is 1. The van der Waals surface area contributed by atoms with Crippen LogP contribution in [-0.4, -0.2) is 22.0 Å². The van der Waals surface area contributed by atoms with E-state index in [4.69, 9.17) is 0 Å². The summed E-state index contributed by atoms with van der Waals surface area (Å²) in [5.74, 6) is 0.111. The zero-order valence-corrected chi connectivity index (χ0v) is 12.4. The maximum absolute atomic E-state index is 11.7. The van der Waals surface area contributed by atoms with Crippen molar-refractivity contribution in [3.63, 3.8) is 0 Å². The number of carbonyl (C=O) groups excluding carboxylic acids is 1. The first-order valence-electron chi connectivity index (χ1n) is 7.61. The van der Waals surface area contributed by atoms with Crippen LogP contribution in [0.2, 0.25) is 0 Å². The molecule has 0 spiro atoms. The molecular formula is C17H23N3O. The van der Waals surface area contributed by atoms with Crippen molar-refractivity contribution in [2.24, 2.45) is 0 Å². The molecule has 0 aliphatic rings. The second-order valence-corrected chi connectivity index (χ2v) is 5.23. The number of hydrogen-bond donors (Lipinski definition) is 1. The second kappa shape index (κ2) is 8.95. The van der Waals surface area contributed by atoms with Crippen molar-refractivity contribution in [3.05, 3.63) is 54.6 Å². The van der Waals surface area contributed by atoms with Gasteiger partial charge < -0.3 is 9.88 Å². The van der Waals surface area contributed by atoms with E-state index in [0.29, 0.717) is 6.42 Å². The number of aromatic nitrogens is 2. The van der Waals surface area contributed by atoms with E-state index >= 15 is 0 Å². The zero-order chi connectivity index (χ0) is 14.8. The topological polar surface area (TPSA) is 46.9 Å². The van der Waals surface area contributed by atoms with Gasteiger partial charge in [0.25, 0.3) is 0 Å². The molecule has 0 saturated carbocycles. The summed E-state index contributed by atoms with van der Waals surface area (Å²) in [6.07, 6.45) is 10.7. The SMILES string of the molecule is O=C(Cc1ccccc1)NCCCCCCn1ccnc1. The third kappa shape index (κ3) is 6.25. The Balaban J connectivity index is 1.47. The number of unbranched alkanes of at least 4 members (excludes halogenated alkanes) is 3. The van der Waals surface area contributed by atoms with Gasteiger partial charge in [0, 0.05) is 25.5 Å². The minimum absolute atomic E-state index is 0.111. The fraction of sp³-hybridized carbons (Fsp3) is 0.412. The Bertz CT molecular complexity index is 508. The van der Waals surface area contributed by atoms with E-state index in [1.165, 1.54) is 6.42 Å². The maximum atomic E-state index is 11.7. The molecule has 4 heteroatoms. The summed E-state index contributed by atoms with van der Waals surface area (Å²) in [6, 6.07) is 9.85. The summed E-state index contributed by atoms with van der Waals surface area (Å²) in [5.41, 5.74) is 1.07. The number of amides is 1. The molecule has 0 bridgehead atoms. The molecule has 1 aromatic heterocycles. The molecule has 0 saturated heterocycles. The number of rotatable bonds is 9. The van der Waals surface area contributed by atoms with Crippen molar-refractivity contribution in [3.8, 4) is 0 Å². The van der Waals surface area contributed by atoms with Gasteiger partial charge in [0.1, 0.15) is 0 Å². The van der Waals surface area contributed by atoms with E-state index in [-0.39, 0.29) is 5.91 Å². The number of hydrogen-bond acceptors (Lipinski definition) is 2. The Morgan fingerprint density at radius 2 is 1.90 bits per heavy atom. The van der Waals surface area contributed by atoms with Crippen LogP contribution >= 0.6 is 0 Å². The van der Waals surface area contributed by atoms with Gasteiger partial charge in [-0.3, -0.25) is 4.79 Å². The zero-order valence-electron chi connectivity index (χ0n) is 12.4. The summed E-state index contributed by atoms with van der Waals surface area (Å²) in [5, 5.41) is 2.98. The van der Waals surface area contributed by atoms with E-state index in [9.17, 15) is 4.79 Å². The Hall–Kier alpha value is -2.10. The van der Waals surface area contributed by atoms with Gasteiger partial charge in [-0.15, -0.1) is 0 Å². The fourth-order valence-electron chi connectivity index (χ4n) is 2.26. The first-order valence-corrected chi connectivity index (χ1v) is 7.61. The van der Waals surface area contributed by atoms with Gasteiger partial charge in [-0.25, -0.2) is 4.98 Å². The van der Waals surface area contributed by atoms with Crippen LogP contribution in [-0.2, 0) is 17.8 Å². The van der Waals surface area contributed by atoms with E-state index in [1.54, 1.807) is 0 Å². The standard InChI is InChI=1S/C17H23N3O/c21-17(14-16-8-4-3-5-9-16)19-10-6-1-2-7-12-20-13-11-18-15-20/h3-5,8-9,11,13,15H,1-2,6-7,10,12,14H2,(H,19,21). The van der Waals surface area contributed by atoms with Crippen molar-refractivity contribution in [2.75, 3.05) is 6.54 Å². The summed E-state index contributed by atoms with van der Waals surface area (Å²) in [7, 11) is 0. The Labute approximate surface area is 126 Å². The Morgan fingerprint density at radius 3 is 2.67 bits per heavy atom. The molecule has 0 aliphatic heterocycles. The highest BCUT2D eigenvalue weighted by Gasteiger charge is 2.01. The van der Waals surface area contributed by atoms with Crippen molar-refractivity contribution in [1.29, 1.82) is 0 Å². The second-order valence-electron chi connectivity index (χ2n) is 5.23. The molecule has 0 unspecified atom stereocenters. The van der Waals surface area contributed by atoms with Crippen molar-refractivity contribution in [2.45, 2.75) is 38.6 Å². The van der Waals surface area contributed by atoms with E-state index in [2.05, 4.69) is 14.9 Å². The molecule has 0 atom stereocenters. The molecule has 1 amide bonds. The lowest BCUT2D eigenvalue weighted by atomic mass is 10.1. The lowest BCUT2D eigenvalue weighted by Gasteiger charge is -2.06. The van der Waals surface area contributed by atoms with E-state index < -0.39 is 0 Å². The Morgan fingerprint density at radius 1 is 1.10 bits per heavy atom. The van der Waals surface area contributed by atoms with E-state index in [1.807, 2.05) is 49.1 Å². The minimum atomic E-state index is 0.111. The molecule has 112 valence electrons. The van der Waals surface area contributed by atoms with Gasteiger partial charge in [-0.1, -0.05) is 43.2 Å². The number of benzene rings is 1. The van der Waals surface area contributed by atoms with Crippen molar-refractivity contribution < 1.29 is 4.79 Å². The van der Waals surface area contributed by atoms with Gasteiger partial charge in [-0.05, 0) is 18.4 Å². The molecule has 21 heavy (non-hydrogen) atoms. The third-order valence-electron chi connectivity index (χ3n) is 3.43. The van der Waals surface area contributed by atoms with Crippen LogP contribution in [0.3, 0.4) is 0 Å². The number of aryl methyl sites for hydroxylation is 1. The number of nitrogens with one attached hydrogen (secondary N) is 1. The highest BCUT2D eigenvalue weighted by Crippen LogP contribution is 2.02. The third-order valence-corrected chi connectivity index (χ3v) is 3.43. The summed E-state index contributed by atoms with van der Waals surface area (Å²) < 4.78 is 2.10. The molecule has 2 aromatic rings. The molecule has 4 nitrogen and oxygen atoms in total. The fourth-order valence-corrected chi connectivity index (χ4v) is 2.26. The van der Waals surface area contributed by atoms with Crippen LogP contribution in [0.15, 0.2) is 49.1 Å². The number of imidazole rings is 1. The smallest absolute Gasteiger partial charge is 0.224 e. The number of nitrogens with zero attached hydrogens (tertiary/aromatic N) is 2. The van der Waals surface area contributed by atoms with Crippen LogP contribution in [0, 0.1) is 0 Å². The van der Waals surface area contributed by atoms with Crippen LogP contribution in [0.4, 0.5) is 0 Å². The summed E-state index contributed by atoms with van der Waals surface area (Å²) >= 11 is 0. The average Bonchev–Trinajstić information content (AvgIpc) is 3.00. The highest BCUT2D eigenvalue weighted by atomic mass is 16.1. The monoisotopic (exact) mass is 285 g/mol. The van der Waals surface area contributed by atoms with Crippen LogP contribution in [0.5, 0.6) is 0 Å². The van der Waals surface area contributed by atoms with Crippen LogP contribution in [0.1, 0.15) is 31.2 Å². The van der Waals surface area contributed by atoms with Gasteiger partial charge in [-0.2, -0.15) is 0 Å². The molecule has 1 N–H and O–H groups in total. The van der Waals surface area contributed by atoms with Gasteiger partial charge in [0.2, 0.25) is 5.91 Å². The van der Waals surface area contributed by atoms with E-state index in [0.717, 1.165) is 37.9 Å². The highest BCUT2D eigenvalue weighted by molar-refractivity contribution is 5.78. The lowest BCUT2D eigenvalue weighted by Crippen LogP contribution is -2.26. The lowest BCUT2D eigenvalue weighted by molar-refractivity contribution is -0.120. The Kier molecular flexibility index (Phi) is 6.52. The maximum Gasteiger partial charge on any atom is 0.224 e. The molecule has 0 aliphatic carbocycles. The molecule has 1 aromatic carbocycles. The first-order chi connectivity index (χ1) is 10.3.